The number of fused-ring (bicyclic) bond motifs is 1. The SMILES string of the molecule is Cc1cc(Nc2ncnc3cnc(F)cc23)ccc1Oc1ccc(C(=O)NCC(C)(C)C)cc1. The topological polar surface area (TPSA) is 89.0 Å². The molecule has 0 aliphatic rings. The Morgan fingerprint density at radius 1 is 1.03 bits per heavy atom. The predicted molar refractivity (Wildman–Crippen MR) is 130 cm³/mol. The molecular formula is C26H26FN5O2. The summed E-state index contributed by atoms with van der Waals surface area (Å²) in [5.41, 5.74) is 2.81. The van der Waals surface area contributed by atoms with Gasteiger partial charge in [-0.2, -0.15) is 4.39 Å². The molecule has 0 fully saturated rings. The molecule has 0 spiro atoms. The van der Waals surface area contributed by atoms with E-state index in [9.17, 15) is 9.18 Å². The van der Waals surface area contributed by atoms with Crippen LogP contribution in [0, 0.1) is 18.3 Å². The van der Waals surface area contributed by atoms with Crippen LogP contribution in [0.5, 0.6) is 11.5 Å². The molecule has 2 heterocycles. The minimum absolute atomic E-state index is 0.0191. The Morgan fingerprint density at radius 3 is 2.50 bits per heavy atom. The third-order valence-electron chi connectivity index (χ3n) is 5.05. The number of benzene rings is 2. The molecule has 4 rings (SSSR count). The summed E-state index contributed by atoms with van der Waals surface area (Å²) in [6.07, 6.45) is 2.78. The van der Waals surface area contributed by atoms with Crippen molar-refractivity contribution in [2.45, 2.75) is 27.7 Å². The number of nitrogens with one attached hydrogen (secondary N) is 2. The molecule has 1 amide bonds. The summed E-state index contributed by atoms with van der Waals surface area (Å²) in [4.78, 5) is 24.3. The molecule has 34 heavy (non-hydrogen) atoms. The van der Waals surface area contributed by atoms with E-state index < -0.39 is 5.95 Å². The van der Waals surface area contributed by atoms with Gasteiger partial charge in [0.2, 0.25) is 5.95 Å². The molecule has 174 valence electrons. The normalized spacial score (nSPS) is 11.3. The van der Waals surface area contributed by atoms with Crippen LogP contribution in [0.4, 0.5) is 15.9 Å². The summed E-state index contributed by atoms with van der Waals surface area (Å²) in [6.45, 7) is 8.73. The molecule has 8 heteroatoms. The van der Waals surface area contributed by atoms with E-state index in [1.54, 1.807) is 24.3 Å². The van der Waals surface area contributed by atoms with Crippen molar-refractivity contribution < 1.29 is 13.9 Å². The Labute approximate surface area is 197 Å². The van der Waals surface area contributed by atoms with Crippen molar-refractivity contribution in [2.75, 3.05) is 11.9 Å². The van der Waals surface area contributed by atoms with Gasteiger partial charge < -0.3 is 15.4 Å². The maximum Gasteiger partial charge on any atom is 0.251 e. The van der Waals surface area contributed by atoms with Crippen molar-refractivity contribution in [3.8, 4) is 11.5 Å². The highest BCUT2D eigenvalue weighted by Crippen LogP contribution is 2.30. The maximum absolute atomic E-state index is 13.6. The van der Waals surface area contributed by atoms with E-state index >= 15 is 0 Å². The number of carbonyl (C=O) groups is 1. The summed E-state index contributed by atoms with van der Waals surface area (Å²) in [5, 5.41) is 6.68. The Kier molecular flexibility index (Phi) is 6.40. The quantitative estimate of drug-likeness (QED) is 0.355. The number of ether oxygens (including phenoxy) is 1. The molecule has 4 aromatic rings. The van der Waals surface area contributed by atoms with E-state index in [4.69, 9.17) is 4.74 Å². The number of aryl methyl sites for hydroxylation is 1. The van der Waals surface area contributed by atoms with Gasteiger partial charge in [0.1, 0.15) is 23.6 Å². The van der Waals surface area contributed by atoms with Gasteiger partial charge in [-0.1, -0.05) is 20.8 Å². The molecule has 0 aliphatic heterocycles. The fourth-order valence-corrected chi connectivity index (χ4v) is 3.26. The van der Waals surface area contributed by atoms with Gasteiger partial charge in [-0.3, -0.25) is 4.79 Å². The van der Waals surface area contributed by atoms with Crippen LogP contribution in [0.15, 0.2) is 61.1 Å². The van der Waals surface area contributed by atoms with Crippen molar-refractivity contribution in [1.29, 1.82) is 0 Å². The van der Waals surface area contributed by atoms with Gasteiger partial charge in [0, 0.05) is 29.2 Å². The fourth-order valence-electron chi connectivity index (χ4n) is 3.26. The number of hydrogen-bond donors (Lipinski definition) is 2. The van der Waals surface area contributed by atoms with E-state index in [0.717, 1.165) is 11.3 Å². The van der Waals surface area contributed by atoms with Crippen molar-refractivity contribution in [2.24, 2.45) is 5.41 Å². The Morgan fingerprint density at radius 2 is 1.79 bits per heavy atom. The minimum atomic E-state index is -0.594. The van der Waals surface area contributed by atoms with Crippen LogP contribution >= 0.6 is 0 Å². The van der Waals surface area contributed by atoms with Gasteiger partial charge >= 0.3 is 0 Å². The summed E-state index contributed by atoms with van der Waals surface area (Å²) < 4.78 is 19.6. The molecule has 0 saturated carbocycles. The number of halogens is 1. The molecule has 0 radical (unpaired) electrons. The first-order valence-electron chi connectivity index (χ1n) is 10.9. The smallest absolute Gasteiger partial charge is 0.251 e. The van der Waals surface area contributed by atoms with E-state index in [-0.39, 0.29) is 11.3 Å². The second kappa shape index (κ2) is 9.43. The van der Waals surface area contributed by atoms with E-state index in [0.29, 0.717) is 40.3 Å². The Balaban J connectivity index is 1.45. The highest BCUT2D eigenvalue weighted by Gasteiger charge is 2.13. The summed E-state index contributed by atoms with van der Waals surface area (Å²) >= 11 is 0. The third-order valence-corrected chi connectivity index (χ3v) is 5.05. The first kappa shape index (κ1) is 23.1. The number of anilines is 2. The van der Waals surface area contributed by atoms with Crippen molar-refractivity contribution in [3.05, 3.63) is 78.1 Å². The Bertz CT molecular complexity index is 1330. The fraction of sp³-hybridized carbons (Fsp3) is 0.231. The molecule has 7 nitrogen and oxygen atoms in total. The van der Waals surface area contributed by atoms with Gasteiger partial charge in [-0.25, -0.2) is 15.0 Å². The molecule has 2 aromatic heterocycles. The van der Waals surface area contributed by atoms with Gasteiger partial charge in [0.15, 0.2) is 0 Å². The molecule has 0 bridgehead atoms. The van der Waals surface area contributed by atoms with Crippen LogP contribution < -0.4 is 15.4 Å². The molecule has 0 unspecified atom stereocenters. The van der Waals surface area contributed by atoms with Crippen LogP contribution in [0.2, 0.25) is 0 Å². The van der Waals surface area contributed by atoms with E-state index in [1.807, 2.05) is 25.1 Å². The number of nitrogens with zero attached hydrogens (tertiary/aromatic N) is 3. The van der Waals surface area contributed by atoms with Crippen LogP contribution in [0.3, 0.4) is 0 Å². The van der Waals surface area contributed by atoms with Crippen LogP contribution in [0.1, 0.15) is 36.7 Å². The molecule has 0 saturated heterocycles. The summed E-state index contributed by atoms with van der Waals surface area (Å²) in [5.74, 6) is 1.09. The highest BCUT2D eigenvalue weighted by molar-refractivity contribution is 5.94. The zero-order valence-corrected chi connectivity index (χ0v) is 19.5. The van der Waals surface area contributed by atoms with Crippen molar-refractivity contribution >= 4 is 28.3 Å². The summed E-state index contributed by atoms with van der Waals surface area (Å²) in [7, 11) is 0. The Hall–Kier alpha value is -4.07. The third kappa shape index (κ3) is 5.64. The van der Waals surface area contributed by atoms with E-state index in [1.165, 1.54) is 18.6 Å². The number of aromatic nitrogens is 3. The van der Waals surface area contributed by atoms with Gasteiger partial charge in [-0.05, 0) is 60.4 Å². The maximum atomic E-state index is 13.6. The lowest BCUT2D eigenvalue weighted by molar-refractivity contribution is 0.0939. The molecule has 2 aromatic carbocycles. The molecular weight excluding hydrogens is 433 g/mol. The van der Waals surface area contributed by atoms with Gasteiger partial charge in [0.25, 0.3) is 5.91 Å². The zero-order chi connectivity index (χ0) is 24.3. The van der Waals surface area contributed by atoms with Crippen LogP contribution in [-0.2, 0) is 0 Å². The molecule has 0 aliphatic carbocycles. The van der Waals surface area contributed by atoms with E-state index in [2.05, 4.69) is 46.4 Å². The largest absolute Gasteiger partial charge is 0.457 e. The number of carbonyl (C=O) groups excluding carboxylic acids is 1. The monoisotopic (exact) mass is 459 g/mol. The average Bonchev–Trinajstić information content (AvgIpc) is 2.80. The van der Waals surface area contributed by atoms with Crippen LogP contribution in [-0.4, -0.2) is 27.4 Å². The van der Waals surface area contributed by atoms with Gasteiger partial charge in [0.05, 0.1) is 11.7 Å². The number of amides is 1. The lowest BCUT2D eigenvalue weighted by Crippen LogP contribution is -2.32. The minimum Gasteiger partial charge on any atom is -0.457 e. The van der Waals surface area contributed by atoms with Crippen molar-refractivity contribution in [1.82, 2.24) is 20.3 Å². The lowest BCUT2D eigenvalue weighted by Gasteiger charge is -2.18. The standard InChI is InChI=1S/C26H26FN5O2/c1-16-11-18(32-24-20-12-23(27)28-13-21(20)30-15-31-24)7-10-22(16)34-19-8-5-17(6-9-19)25(33)29-14-26(2,3)4/h5-13,15H,14H2,1-4H3,(H,29,33)(H,30,31,32). The summed E-state index contributed by atoms with van der Waals surface area (Å²) in [6, 6.07) is 13.9. The molecule has 2 N–H and O–H groups in total. The number of pyridine rings is 1. The molecule has 0 atom stereocenters. The first-order valence-corrected chi connectivity index (χ1v) is 10.9. The predicted octanol–water partition coefficient (Wildman–Crippen LogP) is 5.78. The average molecular weight is 460 g/mol. The second-order valence-corrected chi connectivity index (χ2v) is 9.22. The zero-order valence-electron chi connectivity index (χ0n) is 19.5. The highest BCUT2D eigenvalue weighted by atomic mass is 19.1. The number of rotatable bonds is 6. The van der Waals surface area contributed by atoms with Crippen molar-refractivity contribution in [3.63, 3.8) is 0 Å². The number of hydrogen-bond acceptors (Lipinski definition) is 6. The lowest BCUT2D eigenvalue weighted by atomic mass is 9.97. The van der Waals surface area contributed by atoms with Crippen LogP contribution in [0.25, 0.3) is 10.9 Å². The first-order chi connectivity index (χ1) is 16.2. The van der Waals surface area contributed by atoms with Gasteiger partial charge in [-0.15, -0.1) is 0 Å². The second-order valence-electron chi connectivity index (χ2n) is 9.22.